The van der Waals surface area contributed by atoms with Crippen molar-refractivity contribution < 1.29 is 5.11 Å². The van der Waals surface area contributed by atoms with E-state index in [4.69, 9.17) is 0 Å². The van der Waals surface area contributed by atoms with Crippen molar-refractivity contribution in [2.24, 2.45) is 0 Å². The first-order valence-corrected chi connectivity index (χ1v) is 6.18. The van der Waals surface area contributed by atoms with Gasteiger partial charge in [0.1, 0.15) is 6.10 Å². The van der Waals surface area contributed by atoms with E-state index in [0.29, 0.717) is 5.92 Å². The molecule has 0 bridgehead atoms. The second-order valence-electron chi connectivity index (χ2n) is 4.73. The standard InChI is InChI=1S/C11H18N4O/c16-9-2-1-7-15-11(9)13-10(14-15)8-3-5-12-6-4-8/h8-9,12,16H,1-7H2. The molecule has 88 valence electrons. The van der Waals surface area contributed by atoms with E-state index in [2.05, 4.69) is 15.4 Å². The summed E-state index contributed by atoms with van der Waals surface area (Å²) in [5, 5.41) is 17.7. The minimum Gasteiger partial charge on any atom is -0.385 e. The summed E-state index contributed by atoms with van der Waals surface area (Å²) in [4.78, 5) is 4.53. The summed E-state index contributed by atoms with van der Waals surface area (Å²) in [6.07, 6.45) is 3.64. The van der Waals surface area contributed by atoms with Crippen LogP contribution in [0.1, 0.15) is 49.4 Å². The molecule has 2 aliphatic rings. The fourth-order valence-corrected chi connectivity index (χ4v) is 2.60. The van der Waals surface area contributed by atoms with Crippen LogP contribution in [0.15, 0.2) is 0 Å². The average Bonchev–Trinajstić information content (AvgIpc) is 2.76. The molecular weight excluding hydrogens is 204 g/mol. The van der Waals surface area contributed by atoms with E-state index in [0.717, 1.165) is 57.0 Å². The highest BCUT2D eigenvalue weighted by Crippen LogP contribution is 2.27. The minimum absolute atomic E-state index is 0.406. The molecule has 1 fully saturated rings. The molecule has 1 atom stereocenters. The predicted octanol–water partition coefficient (Wildman–Crippen LogP) is 0.572. The van der Waals surface area contributed by atoms with Crippen molar-refractivity contribution in [3.05, 3.63) is 11.6 Å². The summed E-state index contributed by atoms with van der Waals surface area (Å²) < 4.78 is 1.89. The Morgan fingerprint density at radius 3 is 2.81 bits per heavy atom. The smallest absolute Gasteiger partial charge is 0.156 e. The third-order valence-corrected chi connectivity index (χ3v) is 3.57. The zero-order valence-corrected chi connectivity index (χ0v) is 9.39. The number of piperidine rings is 1. The molecule has 3 rings (SSSR count). The van der Waals surface area contributed by atoms with Gasteiger partial charge < -0.3 is 10.4 Å². The molecule has 0 spiro atoms. The van der Waals surface area contributed by atoms with E-state index in [1.165, 1.54) is 0 Å². The topological polar surface area (TPSA) is 63.0 Å². The van der Waals surface area contributed by atoms with Crippen LogP contribution in [0.4, 0.5) is 0 Å². The van der Waals surface area contributed by atoms with Gasteiger partial charge in [0.05, 0.1) is 0 Å². The Morgan fingerprint density at radius 1 is 1.25 bits per heavy atom. The van der Waals surface area contributed by atoms with Crippen LogP contribution in [0.25, 0.3) is 0 Å². The SMILES string of the molecule is OC1CCCn2nc(C3CCNCC3)nc21. The van der Waals surface area contributed by atoms with E-state index in [9.17, 15) is 5.11 Å². The lowest BCUT2D eigenvalue weighted by molar-refractivity contribution is 0.130. The van der Waals surface area contributed by atoms with Crippen LogP contribution in [-0.2, 0) is 6.54 Å². The van der Waals surface area contributed by atoms with Crippen molar-refractivity contribution in [1.82, 2.24) is 20.1 Å². The highest BCUT2D eigenvalue weighted by Gasteiger charge is 2.26. The first kappa shape index (κ1) is 10.2. The fourth-order valence-electron chi connectivity index (χ4n) is 2.60. The van der Waals surface area contributed by atoms with E-state index >= 15 is 0 Å². The van der Waals surface area contributed by atoms with Gasteiger partial charge in [0, 0.05) is 12.5 Å². The van der Waals surface area contributed by atoms with Gasteiger partial charge in [-0.2, -0.15) is 5.10 Å². The van der Waals surface area contributed by atoms with E-state index in [1.54, 1.807) is 0 Å². The summed E-state index contributed by atoms with van der Waals surface area (Å²) >= 11 is 0. The second kappa shape index (κ2) is 4.14. The van der Waals surface area contributed by atoms with E-state index in [1.807, 2.05) is 4.68 Å². The molecule has 0 radical (unpaired) electrons. The van der Waals surface area contributed by atoms with Crippen LogP contribution >= 0.6 is 0 Å². The lowest BCUT2D eigenvalue weighted by Crippen LogP contribution is -2.27. The van der Waals surface area contributed by atoms with Crippen LogP contribution in [0.3, 0.4) is 0 Å². The first-order chi connectivity index (χ1) is 7.84. The van der Waals surface area contributed by atoms with Crippen LogP contribution in [0, 0.1) is 0 Å². The van der Waals surface area contributed by atoms with Crippen LogP contribution in [0.2, 0.25) is 0 Å². The zero-order chi connectivity index (χ0) is 11.0. The number of aryl methyl sites for hydroxylation is 1. The maximum atomic E-state index is 9.84. The summed E-state index contributed by atoms with van der Waals surface area (Å²) in [5.74, 6) is 2.20. The van der Waals surface area contributed by atoms with Gasteiger partial charge >= 0.3 is 0 Å². The number of hydrogen-bond acceptors (Lipinski definition) is 4. The molecule has 1 unspecified atom stereocenters. The molecule has 2 aliphatic heterocycles. The van der Waals surface area contributed by atoms with Gasteiger partial charge in [-0.05, 0) is 38.8 Å². The van der Waals surface area contributed by atoms with Crippen molar-refractivity contribution in [3.63, 3.8) is 0 Å². The number of nitrogens with one attached hydrogen (secondary N) is 1. The Kier molecular flexibility index (Phi) is 2.65. The lowest BCUT2D eigenvalue weighted by Gasteiger charge is -2.19. The highest BCUT2D eigenvalue weighted by atomic mass is 16.3. The molecule has 0 aromatic carbocycles. The lowest BCUT2D eigenvalue weighted by atomic mass is 9.98. The molecule has 1 saturated heterocycles. The monoisotopic (exact) mass is 222 g/mol. The van der Waals surface area contributed by atoms with Crippen molar-refractivity contribution in [2.75, 3.05) is 13.1 Å². The zero-order valence-electron chi connectivity index (χ0n) is 9.39. The molecule has 1 aromatic heterocycles. The molecule has 1 aromatic rings. The third-order valence-electron chi connectivity index (χ3n) is 3.57. The Morgan fingerprint density at radius 2 is 2.06 bits per heavy atom. The summed E-state index contributed by atoms with van der Waals surface area (Å²) in [5.41, 5.74) is 0. The maximum Gasteiger partial charge on any atom is 0.156 e. The minimum atomic E-state index is -0.406. The van der Waals surface area contributed by atoms with Gasteiger partial charge in [-0.25, -0.2) is 9.67 Å². The van der Waals surface area contributed by atoms with Gasteiger partial charge in [0.2, 0.25) is 0 Å². The van der Waals surface area contributed by atoms with Crippen molar-refractivity contribution in [3.8, 4) is 0 Å². The number of rotatable bonds is 1. The highest BCUT2D eigenvalue weighted by molar-refractivity contribution is 5.04. The maximum absolute atomic E-state index is 9.84. The van der Waals surface area contributed by atoms with Gasteiger partial charge in [-0.1, -0.05) is 0 Å². The fraction of sp³-hybridized carbons (Fsp3) is 0.818. The van der Waals surface area contributed by atoms with Crippen molar-refractivity contribution in [2.45, 2.75) is 44.2 Å². The van der Waals surface area contributed by atoms with Crippen LogP contribution in [0.5, 0.6) is 0 Å². The van der Waals surface area contributed by atoms with E-state index < -0.39 is 6.10 Å². The number of aliphatic hydroxyl groups is 1. The Hall–Kier alpha value is -0.940. The molecule has 0 aliphatic carbocycles. The van der Waals surface area contributed by atoms with Gasteiger partial charge in [-0.15, -0.1) is 0 Å². The summed E-state index contributed by atoms with van der Waals surface area (Å²) in [6.45, 7) is 3.01. The Balaban J connectivity index is 1.85. The number of aromatic nitrogens is 3. The Bertz CT molecular complexity index is 370. The number of nitrogens with zero attached hydrogens (tertiary/aromatic N) is 3. The molecule has 2 N–H and O–H groups in total. The number of hydrogen-bond donors (Lipinski definition) is 2. The average molecular weight is 222 g/mol. The van der Waals surface area contributed by atoms with Gasteiger partial charge in [0.15, 0.2) is 11.6 Å². The molecule has 0 saturated carbocycles. The number of aliphatic hydroxyl groups excluding tert-OH is 1. The molecule has 16 heavy (non-hydrogen) atoms. The molecule has 0 amide bonds. The summed E-state index contributed by atoms with van der Waals surface area (Å²) in [6, 6.07) is 0. The van der Waals surface area contributed by atoms with E-state index in [-0.39, 0.29) is 0 Å². The Labute approximate surface area is 94.9 Å². The molecular formula is C11H18N4O. The van der Waals surface area contributed by atoms with Gasteiger partial charge in [0.25, 0.3) is 0 Å². The number of fused-ring (bicyclic) bond motifs is 1. The summed E-state index contributed by atoms with van der Waals surface area (Å²) in [7, 11) is 0. The second-order valence-corrected chi connectivity index (χ2v) is 4.73. The first-order valence-electron chi connectivity index (χ1n) is 6.18. The third kappa shape index (κ3) is 1.74. The predicted molar refractivity (Wildman–Crippen MR) is 59.1 cm³/mol. The largest absolute Gasteiger partial charge is 0.385 e. The quantitative estimate of drug-likeness (QED) is 0.729. The normalized spacial score (nSPS) is 26.7. The van der Waals surface area contributed by atoms with Crippen molar-refractivity contribution in [1.29, 1.82) is 0 Å². The van der Waals surface area contributed by atoms with Crippen molar-refractivity contribution >= 4 is 0 Å². The molecule has 5 nitrogen and oxygen atoms in total. The van der Waals surface area contributed by atoms with Crippen LogP contribution in [-0.4, -0.2) is 33.0 Å². The van der Waals surface area contributed by atoms with Crippen LogP contribution < -0.4 is 5.32 Å². The van der Waals surface area contributed by atoms with Gasteiger partial charge in [-0.3, -0.25) is 0 Å². The molecule has 5 heteroatoms. The molecule has 3 heterocycles.